The van der Waals surface area contributed by atoms with Gasteiger partial charge in [-0.1, -0.05) is 17.8 Å². The molecule has 0 spiro atoms. The molecule has 1 saturated carbocycles. The molecule has 100 valence electrons. The molecule has 1 heterocycles. The lowest BCUT2D eigenvalue weighted by molar-refractivity contribution is 0.0983. The molecule has 0 unspecified atom stereocenters. The van der Waals surface area contributed by atoms with Crippen LogP contribution in [-0.2, 0) is 13.1 Å². The van der Waals surface area contributed by atoms with Crippen LogP contribution in [0.25, 0.3) is 0 Å². The van der Waals surface area contributed by atoms with Gasteiger partial charge >= 0.3 is 0 Å². The van der Waals surface area contributed by atoms with Crippen molar-refractivity contribution in [3.63, 3.8) is 0 Å². The first-order chi connectivity index (χ1) is 8.58. The van der Waals surface area contributed by atoms with E-state index in [0.717, 1.165) is 5.16 Å². The Bertz CT molecular complexity index is 433. The fourth-order valence-electron chi connectivity index (χ4n) is 1.76. The van der Waals surface area contributed by atoms with Crippen molar-refractivity contribution < 1.29 is 8.78 Å². The molecule has 1 aromatic rings. The zero-order valence-corrected chi connectivity index (χ0v) is 10.8. The van der Waals surface area contributed by atoms with Crippen molar-refractivity contribution in [1.82, 2.24) is 14.8 Å². The molecule has 2 N–H and O–H groups in total. The van der Waals surface area contributed by atoms with Gasteiger partial charge in [-0.25, -0.2) is 8.78 Å². The molecule has 2 rings (SSSR count). The van der Waals surface area contributed by atoms with Crippen LogP contribution in [0.15, 0.2) is 17.8 Å². The third-order valence-electron chi connectivity index (χ3n) is 2.94. The number of rotatable bonds is 7. The first kappa shape index (κ1) is 13.5. The highest BCUT2D eigenvalue weighted by Crippen LogP contribution is 2.51. The fraction of sp³-hybridized carbons (Fsp3) is 0.636. The fourth-order valence-corrected chi connectivity index (χ4v) is 2.78. The SMILES string of the molecule is C=CCn1c(CN)nnc1SCC[C@@H]1CC1(F)F. The Hall–Kier alpha value is -0.950. The van der Waals surface area contributed by atoms with E-state index in [0.29, 0.717) is 31.1 Å². The minimum atomic E-state index is -2.43. The van der Waals surface area contributed by atoms with Gasteiger partial charge in [0, 0.05) is 24.6 Å². The summed E-state index contributed by atoms with van der Waals surface area (Å²) >= 11 is 1.44. The molecule has 0 bridgehead atoms. The number of hydrogen-bond acceptors (Lipinski definition) is 4. The van der Waals surface area contributed by atoms with Crippen LogP contribution >= 0.6 is 11.8 Å². The molecule has 0 amide bonds. The summed E-state index contributed by atoms with van der Waals surface area (Å²) in [6.07, 6.45) is 2.28. The summed E-state index contributed by atoms with van der Waals surface area (Å²) in [5.74, 6) is -1.57. The van der Waals surface area contributed by atoms with Crippen LogP contribution < -0.4 is 5.73 Å². The smallest absolute Gasteiger partial charge is 0.251 e. The monoisotopic (exact) mass is 274 g/mol. The number of hydrogen-bond donors (Lipinski definition) is 1. The molecule has 18 heavy (non-hydrogen) atoms. The Morgan fingerprint density at radius 2 is 2.28 bits per heavy atom. The molecule has 0 saturated heterocycles. The molecule has 7 heteroatoms. The number of aromatic nitrogens is 3. The van der Waals surface area contributed by atoms with Gasteiger partial charge in [-0.2, -0.15) is 0 Å². The highest BCUT2D eigenvalue weighted by Gasteiger charge is 2.55. The van der Waals surface area contributed by atoms with E-state index in [-0.39, 0.29) is 6.42 Å². The number of thioether (sulfide) groups is 1. The Kier molecular flexibility index (Phi) is 4.01. The predicted molar refractivity (Wildman–Crippen MR) is 66.5 cm³/mol. The molecule has 4 nitrogen and oxygen atoms in total. The summed E-state index contributed by atoms with van der Waals surface area (Å²) in [7, 11) is 0. The van der Waals surface area contributed by atoms with Gasteiger partial charge in [0.2, 0.25) is 0 Å². The van der Waals surface area contributed by atoms with Crippen molar-refractivity contribution in [3.05, 3.63) is 18.5 Å². The zero-order valence-electron chi connectivity index (χ0n) is 9.98. The average molecular weight is 274 g/mol. The quantitative estimate of drug-likeness (QED) is 0.611. The minimum absolute atomic E-state index is 0.0287. The highest BCUT2D eigenvalue weighted by atomic mass is 32.2. The maximum Gasteiger partial charge on any atom is 0.251 e. The summed E-state index contributed by atoms with van der Waals surface area (Å²) in [6, 6.07) is 0. The summed E-state index contributed by atoms with van der Waals surface area (Å²) in [5, 5.41) is 8.71. The summed E-state index contributed by atoms with van der Waals surface area (Å²) in [5.41, 5.74) is 5.55. The van der Waals surface area contributed by atoms with Crippen LogP contribution in [0.3, 0.4) is 0 Å². The first-order valence-corrected chi connectivity index (χ1v) is 6.80. The molecular weight excluding hydrogens is 258 g/mol. The van der Waals surface area contributed by atoms with Gasteiger partial charge in [0.25, 0.3) is 5.92 Å². The van der Waals surface area contributed by atoms with E-state index in [1.54, 1.807) is 6.08 Å². The summed E-state index contributed by atoms with van der Waals surface area (Å²) in [6.45, 7) is 4.56. The minimum Gasteiger partial charge on any atom is -0.324 e. The van der Waals surface area contributed by atoms with E-state index in [4.69, 9.17) is 5.73 Å². The second-order valence-corrected chi connectivity index (χ2v) is 5.36. The van der Waals surface area contributed by atoms with Gasteiger partial charge in [-0.15, -0.1) is 16.8 Å². The van der Waals surface area contributed by atoms with E-state index in [9.17, 15) is 8.78 Å². The van der Waals surface area contributed by atoms with Crippen LogP contribution in [-0.4, -0.2) is 26.4 Å². The Morgan fingerprint density at radius 3 is 2.83 bits per heavy atom. The van der Waals surface area contributed by atoms with E-state index in [1.165, 1.54) is 11.8 Å². The first-order valence-electron chi connectivity index (χ1n) is 5.82. The molecule has 0 aliphatic heterocycles. The topological polar surface area (TPSA) is 56.7 Å². The molecule has 1 fully saturated rings. The van der Waals surface area contributed by atoms with E-state index in [2.05, 4.69) is 16.8 Å². The molecule has 0 radical (unpaired) electrons. The third kappa shape index (κ3) is 2.89. The van der Waals surface area contributed by atoms with Gasteiger partial charge in [0.05, 0.1) is 6.54 Å². The normalized spacial score (nSPS) is 20.9. The molecule has 1 aliphatic rings. The average Bonchev–Trinajstić information content (AvgIpc) is 2.76. The van der Waals surface area contributed by atoms with Crippen molar-refractivity contribution in [1.29, 1.82) is 0 Å². The van der Waals surface area contributed by atoms with Gasteiger partial charge in [-0.05, 0) is 6.42 Å². The van der Waals surface area contributed by atoms with Crippen LogP contribution in [0.5, 0.6) is 0 Å². The number of nitrogens with two attached hydrogens (primary N) is 1. The lowest BCUT2D eigenvalue weighted by atomic mass is 10.3. The largest absolute Gasteiger partial charge is 0.324 e. The highest BCUT2D eigenvalue weighted by molar-refractivity contribution is 7.99. The summed E-state index contributed by atoms with van der Waals surface area (Å²) in [4.78, 5) is 0. The lowest BCUT2D eigenvalue weighted by Crippen LogP contribution is -2.08. The van der Waals surface area contributed by atoms with Gasteiger partial charge < -0.3 is 10.3 Å². The van der Waals surface area contributed by atoms with Crippen molar-refractivity contribution in [3.8, 4) is 0 Å². The van der Waals surface area contributed by atoms with E-state index in [1.807, 2.05) is 4.57 Å². The zero-order chi connectivity index (χ0) is 13.2. The predicted octanol–water partition coefficient (Wildman–Crippen LogP) is 2.06. The molecular formula is C11H16F2N4S. The van der Waals surface area contributed by atoms with Gasteiger partial charge in [-0.3, -0.25) is 0 Å². The molecule has 0 aromatic carbocycles. The molecule has 1 atom stereocenters. The third-order valence-corrected chi connectivity index (χ3v) is 3.94. The standard InChI is InChI=1S/C11H16F2N4S/c1-2-4-17-9(7-14)15-16-10(17)18-5-3-8-6-11(8,12)13/h2,8H,1,3-7,14H2/t8-/m1/s1. The van der Waals surface area contributed by atoms with Crippen molar-refractivity contribution >= 4 is 11.8 Å². The summed E-state index contributed by atoms with van der Waals surface area (Å²) < 4.78 is 27.3. The number of nitrogens with zero attached hydrogens (tertiary/aromatic N) is 3. The Balaban J connectivity index is 1.88. The van der Waals surface area contributed by atoms with Crippen LogP contribution in [0.2, 0.25) is 0 Å². The number of alkyl halides is 2. The van der Waals surface area contributed by atoms with Crippen LogP contribution in [0.4, 0.5) is 8.78 Å². The molecule has 1 aromatic heterocycles. The number of halogens is 2. The maximum atomic E-state index is 12.7. The van der Waals surface area contributed by atoms with E-state index < -0.39 is 11.8 Å². The van der Waals surface area contributed by atoms with Crippen molar-refractivity contribution in [2.24, 2.45) is 11.7 Å². The van der Waals surface area contributed by atoms with Crippen molar-refractivity contribution in [2.75, 3.05) is 5.75 Å². The lowest BCUT2D eigenvalue weighted by Gasteiger charge is -2.05. The Labute approximate surface area is 109 Å². The second kappa shape index (κ2) is 5.36. The van der Waals surface area contributed by atoms with Crippen LogP contribution in [0.1, 0.15) is 18.7 Å². The molecule has 1 aliphatic carbocycles. The number of allylic oxidation sites excluding steroid dienone is 1. The Morgan fingerprint density at radius 1 is 1.56 bits per heavy atom. The van der Waals surface area contributed by atoms with Gasteiger partial charge in [0.15, 0.2) is 5.16 Å². The van der Waals surface area contributed by atoms with Gasteiger partial charge in [0.1, 0.15) is 5.82 Å². The van der Waals surface area contributed by atoms with Crippen molar-refractivity contribution in [2.45, 2.75) is 37.0 Å². The van der Waals surface area contributed by atoms with Crippen LogP contribution in [0, 0.1) is 5.92 Å². The second-order valence-electron chi connectivity index (χ2n) is 4.30. The van der Waals surface area contributed by atoms with E-state index >= 15 is 0 Å². The maximum absolute atomic E-state index is 12.7.